The van der Waals surface area contributed by atoms with Gasteiger partial charge in [0, 0.05) is 17.7 Å². The molecule has 3 aromatic rings. The molecule has 0 fully saturated rings. The van der Waals surface area contributed by atoms with Gasteiger partial charge < -0.3 is 14.8 Å². The monoisotopic (exact) mass is 450 g/mol. The molecule has 164 valence electrons. The molecule has 32 heavy (non-hydrogen) atoms. The Balaban J connectivity index is 1.56. The van der Waals surface area contributed by atoms with E-state index in [-0.39, 0.29) is 18.3 Å². The Morgan fingerprint density at radius 1 is 1.31 bits per heavy atom. The van der Waals surface area contributed by atoms with Gasteiger partial charge in [-0.25, -0.2) is 0 Å². The summed E-state index contributed by atoms with van der Waals surface area (Å²) in [5.41, 5.74) is 1.87. The SMILES string of the molecule is C=CCn1c(SC(C)C(=O)c2ccc3c(c2)NC(=O)CO3)nnc1-c1ccc(OC)cc1. The first kappa shape index (κ1) is 21.6. The van der Waals surface area contributed by atoms with Crippen LogP contribution in [0.1, 0.15) is 17.3 Å². The molecule has 0 radical (unpaired) electrons. The van der Waals surface area contributed by atoms with E-state index in [0.29, 0.717) is 34.5 Å². The minimum absolute atomic E-state index is 0.0258. The first-order valence-electron chi connectivity index (χ1n) is 9.96. The summed E-state index contributed by atoms with van der Waals surface area (Å²) in [5.74, 6) is 1.66. The van der Waals surface area contributed by atoms with Gasteiger partial charge in [-0.15, -0.1) is 16.8 Å². The predicted octanol–water partition coefficient (Wildman–Crippen LogP) is 3.83. The fraction of sp³-hybridized carbons (Fsp3) is 0.217. The molecule has 0 aliphatic carbocycles. The number of methoxy groups -OCH3 is 1. The van der Waals surface area contributed by atoms with Gasteiger partial charge >= 0.3 is 0 Å². The fourth-order valence-corrected chi connectivity index (χ4v) is 4.24. The average molecular weight is 451 g/mol. The van der Waals surface area contributed by atoms with Gasteiger partial charge in [-0.2, -0.15) is 0 Å². The van der Waals surface area contributed by atoms with E-state index in [1.807, 2.05) is 35.8 Å². The molecule has 8 nitrogen and oxygen atoms in total. The van der Waals surface area contributed by atoms with Crippen molar-refractivity contribution in [2.24, 2.45) is 0 Å². The van der Waals surface area contributed by atoms with Gasteiger partial charge in [0.25, 0.3) is 5.91 Å². The predicted molar refractivity (Wildman–Crippen MR) is 122 cm³/mol. The Morgan fingerprint density at radius 2 is 2.09 bits per heavy atom. The van der Waals surface area contributed by atoms with Crippen molar-refractivity contribution in [2.45, 2.75) is 23.9 Å². The van der Waals surface area contributed by atoms with Crippen LogP contribution in [0.25, 0.3) is 11.4 Å². The van der Waals surface area contributed by atoms with Crippen LogP contribution in [-0.2, 0) is 11.3 Å². The average Bonchev–Trinajstić information content (AvgIpc) is 3.20. The molecule has 1 aliphatic heterocycles. The lowest BCUT2D eigenvalue weighted by molar-refractivity contribution is -0.118. The second-order valence-corrected chi connectivity index (χ2v) is 8.41. The molecule has 2 aromatic carbocycles. The number of hydrogen-bond donors (Lipinski definition) is 1. The number of anilines is 1. The first-order chi connectivity index (χ1) is 15.5. The maximum Gasteiger partial charge on any atom is 0.262 e. The van der Waals surface area contributed by atoms with Gasteiger partial charge in [0.2, 0.25) is 0 Å². The van der Waals surface area contributed by atoms with Gasteiger partial charge in [-0.3, -0.25) is 14.2 Å². The van der Waals surface area contributed by atoms with Crippen molar-refractivity contribution in [3.8, 4) is 22.9 Å². The van der Waals surface area contributed by atoms with E-state index in [2.05, 4.69) is 22.1 Å². The van der Waals surface area contributed by atoms with Crippen LogP contribution < -0.4 is 14.8 Å². The van der Waals surface area contributed by atoms with E-state index >= 15 is 0 Å². The highest BCUT2D eigenvalue weighted by molar-refractivity contribution is 8.00. The van der Waals surface area contributed by atoms with Crippen molar-refractivity contribution in [1.82, 2.24) is 14.8 Å². The molecule has 0 saturated heterocycles. The van der Waals surface area contributed by atoms with E-state index in [0.717, 1.165) is 11.3 Å². The second kappa shape index (κ2) is 9.27. The summed E-state index contributed by atoms with van der Waals surface area (Å²) in [5, 5.41) is 11.6. The van der Waals surface area contributed by atoms with Crippen molar-refractivity contribution in [3.05, 3.63) is 60.7 Å². The Kier molecular flexibility index (Phi) is 6.27. The second-order valence-electron chi connectivity index (χ2n) is 7.11. The molecular formula is C23H22N4O4S. The first-order valence-corrected chi connectivity index (χ1v) is 10.8. The summed E-state index contributed by atoms with van der Waals surface area (Å²) in [7, 11) is 1.62. The third-order valence-corrected chi connectivity index (χ3v) is 6.01. The quantitative estimate of drug-likeness (QED) is 0.317. The highest BCUT2D eigenvalue weighted by Crippen LogP contribution is 2.32. The topological polar surface area (TPSA) is 95.3 Å². The number of ketones is 1. The zero-order valence-electron chi connectivity index (χ0n) is 17.7. The van der Waals surface area contributed by atoms with E-state index in [1.165, 1.54) is 11.8 Å². The number of fused-ring (bicyclic) bond motifs is 1. The highest BCUT2D eigenvalue weighted by Gasteiger charge is 2.24. The van der Waals surface area contributed by atoms with Crippen LogP contribution in [0.3, 0.4) is 0 Å². The van der Waals surface area contributed by atoms with E-state index in [4.69, 9.17) is 9.47 Å². The van der Waals surface area contributed by atoms with Crippen molar-refractivity contribution >= 4 is 29.1 Å². The molecule has 1 amide bonds. The van der Waals surface area contributed by atoms with Crippen molar-refractivity contribution in [3.63, 3.8) is 0 Å². The Morgan fingerprint density at radius 3 is 2.81 bits per heavy atom. The number of allylic oxidation sites excluding steroid dienone is 1. The summed E-state index contributed by atoms with van der Waals surface area (Å²) in [6.45, 7) is 6.12. The van der Waals surface area contributed by atoms with Crippen LogP contribution in [0.4, 0.5) is 5.69 Å². The molecule has 4 rings (SSSR count). The molecule has 1 aromatic heterocycles. The number of nitrogens with zero attached hydrogens (tertiary/aromatic N) is 3. The van der Waals surface area contributed by atoms with E-state index in [9.17, 15) is 9.59 Å². The largest absolute Gasteiger partial charge is 0.497 e. The zero-order valence-corrected chi connectivity index (χ0v) is 18.5. The summed E-state index contributed by atoms with van der Waals surface area (Å²) in [6.07, 6.45) is 1.76. The Bertz CT molecular complexity index is 1170. The number of Topliss-reactive ketones (excluding diaryl/α,β-unsaturated/α-hetero) is 1. The van der Waals surface area contributed by atoms with Crippen LogP contribution in [0.5, 0.6) is 11.5 Å². The summed E-state index contributed by atoms with van der Waals surface area (Å²) < 4.78 is 12.5. The van der Waals surface area contributed by atoms with E-state index in [1.54, 1.807) is 31.4 Å². The Hall–Kier alpha value is -3.59. The third kappa shape index (κ3) is 4.38. The lowest BCUT2D eigenvalue weighted by atomic mass is 10.1. The van der Waals surface area contributed by atoms with Crippen LogP contribution in [0, 0.1) is 0 Å². The standard InChI is InChI=1S/C23H22N4O4S/c1-4-11-27-22(15-5-8-17(30-3)9-6-15)25-26-23(27)32-14(2)21(29)16-7-10-19-18(12-16)24-20(28)13-31-19/h4-10,12,14H,1,11,13H2,2-3H3,(H,24,28). The van der Waals surface area contributed by atoms with Gasteiger partial charge in [-0.05, 0) is 49.4 Å². The molecule has 1 atom stereocenters. The lowest BCUT2D eigenvalue weighted by Gasteiger charge is -2.19. The van der Waals surface area contributed by atoms with Gasteiger partial charge in [-0.1, -0.05) is 17.8 Å². The van der Waals surface area contributed by atoms with Crippen molar-refractivity contribution in [1.29, 1.82) is 0 Å². The molecule has 0 spiro atoms. The number of thioether (sulfide) groups is 1. The fourth-order valence-electron chi connectivity index (χ4n) is 3.31. The smallest absolute Gasteiger partial charge is 0.262 e. The van der Waals surface area contributed by atoms with Crippen molar-refractivity contribution < 1.29 is 19.1 Å². The maximum atomic E-state index is 13.1. The number of nitrogens with one attached hydrogen (secondary N) is 1. The highest BCUT2D eigenvalue weighted by atomic mass is 32.2. The number of carbonyl (C=O) groups excluding carboxylic acids is 2. The number of benzene rings is 2. The van der Waals surface area contributed by atoms with Crippen molar-refractivity contribution in [2.75, 3.05) is 19.0 Å². The minimum Gasteiger partial charge on any atom is -0.497 e. The Labute approximate surface area is 189 Å². The van der Waals surface area contributed by atoms with Gasteiger partial charge in [0.05, 0.1) is 18.0 Å². The maximum absolute atomic E-state index is 13.1. The number of ether oxygens (including phenoxy) is 2. The number of carbonyl (C=O) groups is 2. The van der Waals surface area contributed by atoms with Crippen LogP contribution in [0.15, 0.2) is 60.3 Å². The lowest BCUT2D eigenvalue weighted by Crippen LogP contribution is -2.25. The molecule has 9 heteroatoms. The molecule has 0 bridgehead atoms. The van der Waals surface area contributed by atoms with Crippen LogP contribution >= 0.6 is 11.8 Å². The molecule has 2 heterocycles. The van der Waals surface area contributed by atoms with E-state index < -0.39 is 5.25 Å². The third-order valence-electron chi connectivity index (χ3n) is 4.93. The number of hydrogen-bond acceptors (Lipinski definition) is 7. The molecular weight excluding hydrogens is 428 g/mol. The molecule has 1 N–H and O–H groups in total. The van der Waals surface area contributed by atoms with Crippen LogP contribution in [0.2, 0.25) is 0 Å². The number of amides is 1. The number of aromatic nitrogens is 3. The number of rotatable bonds is 8. The molecule has 0 saturated carbocycles. The summed E-state index contributed by atoms with van der Waals surface area (Å²) in [4.78, 5) is 24.6. The van der Waals surface area contributed by atoms with Gasteiger partial charge in [0.1, 0.15) is 11.5 Å². The zero-order chi connectivity index (χ0) is 22.7. The van der Waals surface area contributed by atoms with Gasteiger partial charge in [0.15, 0.2) is 23.4 Å². The minimum atomic E-state index is -0.426. The summed E-state index contributed by atoms with van der Waals surface area (Å²) in [6, 6.07) is 12.6. The molecule has 1 aliphatic rings. The normalized spacial score (nSPS) is 13.5. The summed E-state index contributed by atoms with van der Waals surface area (Å²) >= 11 is 1.32. The van der Waals surface area contributed by atoms with Crippen LogP contribution in [-0.4, -0.2) is 45.4 Å². The molecule has 1 unspecified atom stereocenters.